The summed E-state index contributed by atoms with van der Waals surface area (Å²) < 4.78 is 14.8. The van der Waals surface area contributed by atoms with Crippen molar-refractivity contribution in [2.45, 2.75) is 0 Å². The normalized spacial score (nSPS) is 12.0. The average Bonchev–Trinajstić information content (AvgIpc) is 3.80. The Labute approximate surface area is 257 Å². The molecule has 10 rings (SSSR count). The number of aromatic nitrogens is 2. The highest BCUT2D eigenvalue weighted by Gasteiger charge is 2.17. The van der Waals surface area contributed by atoms with Crippen LogP contribution in [0.25, 0.3) is 93.9 Å². The molecule has 0 saturated heterocycles. The summed E-state index contributed by atoms with van der Waals surface area (Å²) in [5.41, 5.74) is 10.0. The first-order valence-corrected chi connectivity index (χ1v) is 15.1. The Hall–Kier alpha value is -6.13. The van der Waals surface area contributed by atoms with Crippen LogP contribution in [0.15, 0.2) is 154 Å². The van der Waals surface area contributed by atoms with Crippen LogP contribution in [0.2, 0.25) is 0 Å². The first kappa shape index (κ1) is 24.3. The monoisotopic (exact) mass is 576 g/mol. The van der Waals surface area contributed by atoms with E-state index in [1.165, 1.54) is 32.6 Å². The first-order valence-electron chi connectivity index (χ1n) is 15.1. The summed E-state index contributed by atoms with van der Waals surface area (Å²) in [5.74, 6) is 0.601. The Morgan fingerprint density at radius 2 is 1.13 bits per heavy atom. The fraction of sp³-hybridized carbons (Fsp3) is 0. The van der Waals surface area contributed by atoms with Crippen molar-refractivity contribution in [3.63, 3.8) is 0 Å². The van der Waals surface area contributed by atoms with Gasteiger partial charge in [0.1, 0.15) is 16.7 Å². The molecule has 0 bridgehead atoms. The molecule has 3 aromatic heterocycles. The zero-order chi connectivity index (χ0) is 29.5. The fourth-order valence-electron chi connectivity index (χ4n) is 6.94. The fourth-order valence-corrected chi connectivity index (χ4v) is 6.94. The van der Waals surface area contributed by atoms with Crippen molar-refractivity contribution < 1.29 is 8.83 Å². The number of rotatable bonds is 3. The second-order valence-electron chi connectivity index (χ2n) is 11.6. The lowest BCUT2D eigenvalue weighted by atomic mass is 10.0. The summed E-state index contributed by atoms with van der Waals surface area (Å²) in [5, 5.41) is 7.11. The molecule has 3 heterocycles. The zero-order valence-corrected chi connectivity index (χ0v) is 24.1. The lowest BCUT2D eigenvalue weighted by molar-refractivity contribution is 0.622. The molecule has 0 aliphatic carbocycles. The van der Waals surface area contributed by atoms with Crippen LogP contribution in [0.5, 0.6) is 0 Å². The molecule has 10 aromatic rings. The van der Waals surface area contributed by atoms with Crippen LogP contribution in [0, 0.1) is 0 Å². The molecule has 0 radical (unpaired) electrons. The number of furan rings is 1. The number of hydrogen-bond donors (Lipinski definition) is 0. The number of benzene rings is 7. The van der Waals surface area contributed by atoms with Crippen molar-refractivity contribution >= 4 is 65.6 Å². The van der Waals surface area contributed by atoms with Gasteiger partial charge >= 0.3 is 0 Å². The zero-order valence-electron chi connectivity index (χ0n) is 24.1. The summed E-state index contributed by atoms with van der Waals surface area (Å²) in [6, 6.07) is 51.0. The van der Waals surface area contributed by atoms with Crippen molar-refractivity contribution in [2.24, 2.45) is 0 Å². The second-order valence-corrected chi connectivity index (χ2v) is 11.6. The molecule has 0 saturated carbocycles. The van der Waals surface area contributed by atoms with E-state index in [0.29, 0.717) is 5.89 Å². The quantitative estimate of drug-likeness (QED) is 0.210. The molecule has 0 atom stereocenters. The largest absolute Gasteiger partial charge is 0.456 e. The molecule has 4 heteroatoms. The van der Waals surface area contributed by atoms with Gasteiger partial charge in [-0.25, -0.2) is 4.98 Å². The van der Waals surface area contributed by atoms with E-state index in [0.717, 1.165) is 55.4 Å². The van der Waals surface area contributed by atoms with Gasteiger partial charge in [0.2, 0.25) is 5.89 Å². The van der Waals surface area contributed by atoms with Crippen molar-refractivity contribution in [1.29, 1.82) is 0 Å². The number of oxazole rings is 1. The molecule has 0 unspecified atom stereocenters. The highest BCUT2D eigenvalue weighted by molar-refractivity contribution is 6.21. The second kappa shape index (κ2) is 9.18. The van der Waals surface area contributed by atoms with Crippen molar-refractivity contribution in [1.82, 2.24) is 9.55 Å². The third kappa shape index (κ3) is 3.57. The van der Waals surface area contributed by atoms with Gasteiger partial charge < -0.3 is 13.4 Å². The predicted molar refractivity (Wildman–Crippen MR) is 184 cm³/mol. The molecule has 0 amide bonds. The van der Waals surface area contributed by atoms with E-state index < -0.39 is 0 Å². The minimum Gasteiger partial charge on any atom is -0.456 e. The Morgan fingerprint density at radius 1 is 0.444 bits per heavy atom. The number of para-hydroxylation sites is 2. The van der Waals surface area contributed by atoms with Crippen LogP contribution in [0.3, 0.4) is 0 Å². The third-order valence-corrected chi connectivity index (χ3v) is 9.05. The summed E-state index contributed by atoms with van der Waals surface area (Å²) in [6.07, 6.45) is 0. The lowest BCUT2D eigenvalue weighted by Crippen LogP contribution is -1.93. The van der Waals surface area contributed by atoms with E-state index in [9.17, 15) is 0 Å². The molecule has 0 aliphatic heterocycles. The predicted octanol–water partition coefficient (Wildman–Crippen LogP) is 11.3. The minimum absolute atomic E-state index is 0.601. The first-order chi connectivity index (χ1) is 22.3. The molecule has 210 valence electrons. The summed E-state index contributed by atoms with van der Waals surface area (Å²) in [6.45, 7) is 0. The van der Waals surface area contributed by atoms with E-state index in [4.69, 9.17) is 13.8 Å². The maximum atomic E-state index is 6.36. The van der Waals surface area contributed by atoms with Gasteiger partial charge in [-0.1, -0.05) is 91.0 Å². The SMILES string of the molecule is c1ccc2c(c1)ccc1c2c2ccccc2n1-c1ccc(-c2ccc(-c3nc4ccc5oc6ccccc6c5c4o3)cc2)cc1. The van der Waals surface area contributed by atoms with Gasteiger partial charge in [0, 0.05) is 27.4 Å². The number of hydrogen-bond acceptors (Lipinski definition) is 3. The minimum atomic E-state index is 0.601. The molecule has 0 fully saturated rings. The van der Waals surface area contributed by atoms with Crippen LogP contribution in [0.4, 0.5) is 0 Å². The van der Waals surface area contributed by atoms with Gasteiger partial charge in [-0.2, -0.15) is 0 Å². The van der Waals surface area contributed by atoms with Gasteiger partial charge in [-0.05, 0) is 76.5 Å². The molecule has 0 spiro atoms. The van der Waals surface area contributed by atoms with E-state index in [1.54, 1.807) is 0 Å². The molecule has 0 N–H and O–H groups in total. The van der Waals surface area contributed by atoms with Crippen LogP contribution >= 0.6 is 0 Å². The molecule has 4 nitrogen and oxygen atoms in total. The number of fused-ring (bicyclic) bond motifs is 10. The Bertz CT molecular complexity index is 2740. The third-order valence-electron chi connectivity index (χ3n) is 9.05. The molecule has 0 aliphatic rings. The lowest BCUT2D eigenvalue weighted by Gasteiger charge is -2.10. The van der Waals surface area contributed by atoms with Crippen LogP contribution in [0.1, 0.15) is 0 Å². The van der Waals surface area contributed by atoms with Gasteiger partial charge in [0.25, 0.3) is 0 Å². The van der Waals surface area contributed by atoms with Crippen LogP contribution < -0.4 is 0 Å². The molecule has 7 aromatic carbocycles. The highest BCUT2D eigenvalue weighted by Crippen LogP contribution is 2.38. The Balaban J connectivity index is 1.02. The Kier molecular flexibility index (Phi) is 4.96. The number of nitrogens with zero attached hydrogens (tertiary/aromatic N) is 2. The van der Waals surface area contributed by atoms with E-state index >= 15 is 0 Å². The standard InChI is InChI=1S/C41H24N2O2/c1-2-8-30-27(7-1)19-23-35-38(30)31-9-3-5-11-34(31)43(35)29-20-17-26(18-21-29)25-13-15-28(16-14-25)41-42-33-22-24-37-39(40(33)45-41)32-10-4-6-12-36(32)44-37/h1-24H. The summed E-state index contributed by atoms with van der Waals surface area (Å²) in [4.78, 5) is 4.82. The topological polar surface area (TPSA) is 44.1 Å². The van der Waals surface area contributed by atoms with Gasteiger partial charge in [-0.3, -0.25) is 0 Å². The van der Waals surface area contributed by atoms with Crippen molar-refractivity contribution in [3.05, 3.63) is 146 Å². The van der Waals surface area contributed by atoms with Gasteiger partial charge in [0.15, 0.2) is 5.58 Å². The van der Waals surface area contributed by atoms with Gasteiger partial charge in [0.05, 0.1) is 16.4 Å². The van der Waals surface area contributed by atoms with Crippen LogP contribution in [-0.4, -0.2) is 9.55 Å². The summed E-state index contributed by atoms with van der Waals surface area (Å²) in [7, 11) is 0. The van der Waals surface area contributed by atoms with E-state index in [2.05, 4.69) is 120 Å². The summed E-state index contributed by atoms with van der Waals surface area (Å²) >= 11 is 0. The maximum absolute atomic E-state index is 6.36. The highest BCUT2D eigenvalue weighted by atomic mass is 16.4. The molecular formula is C41H24N2O2. The van der Waals surface area contributed by atoms with Gasteiger partial charge in [-0.15, -0.1) is 0 Å². The molecule has 45 heavy (non-hydrogen) atoms. The Morgan fingerprint density at radius 3 is 1.98 bits per heavy atom. The van der Waals surface area contributed by atoms with Crippen molar-refractivity contribution in [2.75, 3.05) is 0 Å². The smallest absolute Gasteiger partial charge is 0.227 e. The maximum Gasteiger partial charge on any atom is 0.227 e. The van der Waals surface area contributed by atoms with E-state index in [1.807, 2.05) is 30.3 Å². The van der Waals surface area contributed by atoms with Crippen molar-refractivity contribution in [3.8, 4) is 28.3 Å². The van der Waals surface area contributed by atoms with E-state index in [-0.39, 0.29) is 0 Å². The average molecular weight is 577 g/mol. The molecular weight excluding hydrogens is 552 g/mol. The van der Waals surface area contributed by atoms with Crippen LogP contribution in [-0.2, 0) is 0 Å².